The fourth-order valence-corrected chi connectivity index (χ4v) is 4.43. The zero-order valence-electron chi connectivity index (χ0n) is 14.1. The molecule has 0 bridgehead atoms. The molecule has 1 fully saturated rings. The van der Waals surface area contributed by atoms with Crippen LogP contribution < -0.4 is 4.90 Å². The summed E-state index contributed by atoms with van der Waals surface area (Å²) in [6, 6.07) is 11.0. The van der Waals surface area contributed by atoms with Crippen LogP contribution in [0.4, 0.5) is 15.8 Å². The fraction of sp³-hybridized carbons (Fsp3) is 0.235. The summed E-state index contributed by atoms with van der Waals surface area (Å²) in [5.74, 6) is -0.623. The number of piperazine rings is 1. The van der Waals surface area contributed by atoms with E-state index in [1.807, 2.05) is 6.07 Å². The van der Waals surface area contributed by atoms with Crippen LogP contribution in [0.2, 0.25) is 0 Å². The van der Waals surface area contributed by atoms with Crippen molar-refractivity contribution in [2.24, 2.45) is 0 Å². The van der Waals surface area contributed by atoms with Crippen LogP contribution >= 0.6 is 0 Å². The molecule has 0 unspecified atom stereocenters. The fourth-order valence-electron chi connectivity index (χ4n) is 2.96. The third-order valence-corrected chi connectivity index (χ3v) is 6.24. The van der Waals surface area contributed by atoms with Gasteiger partial charge in [-0.2, -0.15) is 9.57 Å². The van der Waals surface area contributed by atoms with Crippen LogP contribution in [0.3, 0.4) is 0 Å². The van der Waals surface area contributed by atoms with E-state index in [0.29, 0.717) is 5.69 Å². The molecule has 1 heterocycles. The monoisotopic (exact) mass is 390 g/mol. The molecule has 0 radical (unpaired) electrons. The van der Waals surface area contributed by atoms with Crippen LogP contribution in [0.25, 0.3) is 0 Å². The van der Waals surface area contributed by atoms with E-state index in [9.17, 15) is 22.9 Å². The normalized spacial score (nSPS) is 15.3. The minimum atomic E-state index is -3.88. The zero-order chi connectivity index (χ0) is 19.6. The van der Waals surface area contributed by atoms with E-state index < -0.39 is 20.8 Å². The summed E-state index contributed by atoms with van der Waals surface area (Å²) in [6.07, 6.45) is 0. The van der Waals surface area contributed by atoms with Crippen molar-refractivity contribution in [1.82, 2.24) is 4.31 Å². The van der Waals surface area contributed by atoms with Gasteiger partial charge in [-0.3, -0.25) is 10.1 Å². The number of nitro groups is 1. The molecule has 2 aromatic rings. The number of hydrogen-bond acceptors (Lipinski definition) is 6. The first kappa shape index (κ1) is 18.8. The molecule has 0 atom stereocenters. The molecular weight excluding hydrogens is 375 g/mol. The minimum Gasteiger partial charge on any atom is -0.368 e. The maximum Gasteiger partial charge on any atom is 0.270 e. The van der Waals surface area contributed by atoms with E-state index in [4.69, 9.17) is 5.26 Å². The molecule has 1 aliphatic heterocycles. The average Bonchev–Trinajstić information content (AvgIpc) is 2.68. The van der Waals surface area contributed by atoms with Gasteiger partial charge in [0.1, 0.15) is 17.4 Å². The van der Waals surface area contributed by atoms with Crippen molar-refractivity contribution >= 4 is 21.4 Å². The van der Waals surface area contributed by atoms with Gasteiger partial charge in [-0.15, -0.1) is 0 Å². The summed E-state index contributed by atoms with van der Waals surface area (Å²) < 4.78 is 40.5. The van der Waals surface area contributed by atoms with Gasteiger partial charge in [0.2, 0.25) is 10.0 Å². The molecule has 10 heteroatoms. The summed E-state index contributed by atoms with van der Waals surface area (Å²) in [6.45, 7) is 0.775. The summed E-state index contributed by atoms with van der Waals surface area (Å²) in [5.41, 5.74) is 0.0468. The molecule has 3 rings (SSSR count). The quantitative estimate of drug-likeness (QED) is 0.584. The second-order valence-corrected chi connectivity index (χ2v) is 7.83. The maximum absolute atomic E-state index is 13.8. The number of halogens is 1. The Morgan fingerprint density at radius 1 is 1.11 bits per heavy atom. The van der Waals surface area contributed by atoms with Crippen LogP contribution in [0.5, 0.6) is 0 Å². The van der Waals surface area contributed by atoms with Crippen molar-refractivity contribution in [3.05, 3.63) is 64.0 Å². The zero-order valence-corrected chi connectivity index (χ0v) is 14.9. The van der Waals surface area contributed by atoms with Gasteiger partial charge in [0.05, 0.1) is 15.5 Å². The van der Waals surface area contributed by atoms with Crippen LogP contribution in [0, 0.1) is 27.3 Å². The van der Waals surface area contributed by atoms with Gasteiger partial charge < -0.3 is 4.90 Å². The summed E-state index contributed by atoms with van der Waals surface area (Å²) in [5, 5.41) is 20.0. The Morgan fingerprint density at radius 2 is 1.78 bits per heavy atom. The smallest absolute Gasteiger partial charge is 0.270 e. The van der Waals surface area contributed by atoms with Gasteiger partial charge in [0.15, 0.2) is 0 Å². The minimum absolute atomic E-state index is 0.0764. The summed E-state index contributed by atoms with van der Waals surface area (Å²) in [4.78, 5) is 11.8. The average molecular weight is 390 g/mol. The highest BCUT2D eigenvalue weighted by molar-refractivity contribution is 7.89. The number of sulfonamides is 1. The van der Waals surface area contributed by atoms with E-state index in [2.05, 4.69) is 0 Å². The van der Waals surface area contributed by atoms with Crippen LogP contribution in [-0.2, 0) is 10.0 Å². The molecule has 140 valence electrons. The molecule has 0 aromatic heterocycles. The first-order valence-corrected chi connectivity index (χ1v) is 9.47. The van der Waals surface area contributed by atoms with Crippen LogP contribution in [0.1, 0.15) is 5.56 Å². The molecule has 1 aliphatic rings. The molecule has 0 saturated carbocycles. The van der Waals surface area contributed by atoms with Crippen LogP contribution in [-0.4, -0.2) is 43.8 Å². The molecular formula is C17H15FN4O4S. The number of anilines is 1. The lowest BCUT2D eigenvalue weighted by molar-refractivity contribution is -0.385. The molecule has 0 N–H and O–H groups in total. The van der Waals surface area contributed by atoms with Crippen molar-refractivity contribution in [3.8, 4) is 6.07 Å². The first-order chi connectivity index (χ1) is 12.8. The Labute approximate surface area is 155 Å². The highest BCUT2D eigenvalue weighted by Gasteiger charge is 2.30. The number of nitrogens with zero attached hydrogens (tertiary/aromatic N) is 4. The number of hydrogen-bond donors (Lipinski definition) is 0. The molecule has 0 amide bonds. The van der Waals surface area contributed by atoms with Gasteiger partial charge in [-0.25, -0.2) is 12.8 Å². The lowest BCUT2D eigenvalue weighted by Gasteiger charge is -2.35. The highest BCUT2D eigenvalue weighted by Crippen LogP contribution is 2.26. The van der Waals surface area contributed by atoms with E-state index in [1.54, 1.807) is 11.0 Å². The topological polar surface area (TPSA) is 108 Å². The molecule has 1 saturated heterocycles. The van der Waals surface area contributed by atoms with E-state index in [1.165, 1.54) is 34.6 Å². The third kappa shape index (κ3) is 3.60. The van der Waals surface area contributed by atoms with Crippen molar-refractivity contribution < 1.29 is 17.7 Å². The number of rotatable bonds is 4. The van der Waals surface area contributed by atoms with E-state index >= 15 is 0 Å². The molecule has 8 nitrogen and oxygen atoms in total. The second kappa shape index (κ2) is 7.30. The predicted molar refractivity (Wildman–Crippen MR) is 95.2 cm³/mol. The number of nitro benzene ring substituents is 1. The Kier molecular flexibility index (Phi) is 5.07. The molecule has 27 heavy (non-hydrogen) atoms. The summed E-state index contributed by atoms with van der Waals surface area (Å²) >= 11 is 0. The Bertz CT molecular complexity index is 1030. The SMILES string of the molecule is N#Cc1c(F)cccc1N1CCN(S(=O)(=O)c2cccc([N+](=O)[O-])c2)CC1. The number of benzene rings is 2. The van der Waals surface area contributed by atoms with Gasteiger partial charge in [-0.05, 0) is 18.2 Å². The maximum atomic E-state index is 13.8. The van der Waals surface area contributed by atoms with Crippen LogP contribution in [0.15, 0.2) is 47.4 Å². The van der Waals surface area contributed by atoms with E-state index in [0.717, 1.165) is 6.07 Å². The lowest BCUT2D eigenvalue weighted by atomic mass is 10.1. The van der Waals surface area contributed by atoms with Crippen molar-refractivity contribution in [2.45, 2.75) is 4.90 Å². The van der Waals surface area contributed by atoms with Gasteiger partial charge in [0, 0.05) is 38.3 Å². The van der Waals surface area contributed by atoms with E-state index in [-0.39, 0.29) is 42.3 Å². The lowest BCUT2D eigenvalue weighted by Crippen LogP contribution is -2.48. The van der Waals surface area contributed by atoms with Gasteiger partial charge in [0.25, 0.3) is 5.69 Å². The Morgan fingerprint density at radius 3 is 2.41 bits per heavy atom. The predicted octanol–water partition coefficient (Wildman–Crippen LogP) is 2.12. The first-order valence-electron chi connectivity index (χ1n) is 8.03. The van der Waals surface area contributed by atoms with Crippen molar-refractivity contribution in [2.75, 3.05) is 31.1 Å². The van der Waals surface area contributed by atoms with Gasteiger partial charge in [-0.1, -0.05) is 12.1 Å². The number of non-ortho nitro benzene ring substituents is 1. The largest absolute Gasteiger partial charge is 0.368 e. The third-order valence-electron chi connectivity index (χ3n) is 4.35. The van der Waals surface area contributed by atoms with Crippen molar-refractivity contribution in [3.63, 3.8) is 0 Å². The Balaban J connectivity index is 1.80. The molecule has 0 spiro atoms. The molecule has 2 aromatic carbocycles. The van der Waals surface area contributed by atoms with Crippen molar-refractivity contribution in [1.29, 1.82) is 5.26 Å². The van der Waals surface area contributed by atoms with Gasteiger partial charge >= 0.3 is 0 Å². The number of nitriles is 1. The second-order valence-electron chi connectivity index (χ2n) is 5.89. The standard InChI is InChI=1S/C17H15FN4O4S/c18-16-5-2-6-17(15(16)12-19)20-7-9-21(10-8-20)27(25,26)14-4-1-3-13(11-14)22(23)24/h1-6,11H,7-10H2. The highest BCUT2D eigenvalue weighted by atomic mass is 32.2. The summed E-state index contributed by atoms with van der Waals surface area (Å²) in [7, 11) is -3.88. The molecule has 0 aliphatic carbocycles. The Hall–Kier alpha value is -3.03.